The van der Waals surface area contributed by atoms with Crippen molar-refractivity contribution in [2.75, 3.05) is 0 Å². The van der Waals surface area contributed by atoms with E-state index in [9.17, 15) is 4.79 Å². The van der Waals surface area contributed by atoms with Gasteiger partial charge in [0.2, 0.25) is 0 Å². The normalized spacial score (nSPS) is 11.6. The van der Waals surface area contributed by atoms with Gasteiger partial charge in [-0.15, -0.1) is 11.3 Å². The van der Waals surface area contributed by atoms with Crippen molar-refractivity contribution in [3.8, 4) is 17.0 Å². The number of rotatable bonds is 5. The number of ether oxygens (including phenoxy) is 1. The maximum absolute atomic E-state index is 10.7. The largest absolute Gasteiger partial charge is 0.491 e. The van der Waals surface area contributed by atoms with Crippen LogP contribution in [0.5, 0.6) is 5.75 Å². The Hall–Kier alpha value is -2.60. The number of aliphatic carboxylic acids is 1. The van der Waals surface area contributed by atoms with E-state index >= 15 is 0 Å². The van der Waals surface area contributed by atoms with E-state index in [1.165, 1.54) is 11.3 Å². The predicted octanol–water partition coefficient (Wildman–Crippen LogP) is 3.95. The summed E-state index contributed by atoms with van der Waals surface area (Å²) in [5.41, 5.74) is 2.74. The number of carboxylic acids is 1. The van der Waals surface area contributed by atoms with Crippen LogP contribution >= 0.6 is 11.3 Å². The van der Waals surface area contributed by atoms with Crippen molar-refractivity contribution in [3.05, 3.63) is 47.6 Å². The topological polar surface area (TPSA) is 63.8 Å². The van der Waals surface area contributed by atoms with Gasteiger partial charge >= 0.3 is 5.97 Å². The number of benzene rings is 1. The number of carbonyl (C=O) groups is 1. The molecule has 3 aromatic rings. The maximum atomic E-state index is 10.7. The van der Waals surface area contributed by atoms with Crippen molar-refractivity contribution in [1.82, 2.24) is 9.38 Å². The van der Waals surface area contributed by atoms with Crippen LogP contribution in [0, 0.1) is 0 Å². The molecule has 0 radical (unpaired) electrons. The lowest BCUT2D eigenvalue weighted by atomic mass is 10.1. The lowest BCUT2D eigenvalue weighted by Crippen LogP contribution is -2.05. The fourth-order valence-corrected chi connectivity index (χ4v) is 3.16. The summed E-state index contributed by atoms with van der Waals surface area (Å²) in [5.74, 6) is -0.154. The predicted molar refractivity (Wildman–Crippen MR) is 90.9 cm³/mol. The Labute approximate surface area is 137 Å². The third-order valence-corrected chi connectivity index (χ3v) is 4.03. The number of imidazole rings is 1. The summed E-state index contributed by atoms with van der Waals surface area (Å²) in [6.07, 6.45) is 4.47. The van der Waals surface area contributed by atoms with E-state index in [0.29, 0.717) is 0 Å². The van der Waals surface area contributed by atoms with Gasteiger partial charge in [0.05, 0.1) is 23.7 Å². The molecule has 0 fully saturated rings. The highest BCUT2D eigenvalue weighted by molar-refractivity contribution is 7.15. The summed E-state index contributed by atoms with van der Waals surface area (Å²) in [6.45, 7) is 3.98. The first-order valence-electron chi connectivity index (χ1n) is 7.17. The zero-order valence-electron chi connectivity index (χ0n) is 12.8. The minimum Gasteiger partial charge on any atom is -0.491 e. The minimum atomic E-state index is -0.980. The van der Waals surface area contributed by atoms with Gasteiger partial charge in [-0.25, -0.2) is 9.78 Å². The van der Waals surface area contributed by atoms with Gasteiger partial charge < -0.3 is 9.84 Å². The van der Waals surface area contributed by atoms with E-state index in [1.807, 2.05) is 47.9 Å². The van der Waals surface area contributed by atoms with Gasteiger partial charge in [-0.05, 0) is 49.8 Å². The number of aromatic nitrogens is 2. The van der Waals surface area contributed by atoms with Crippen molar-refractivity contribution in [3.63, 3.8) is 0 Å². The zero-order chi connectivity index (χ0) is 16.4. The second kappa shape index (κ2) is 6.26. The molecule has 0 aliphatic rings. The number of hydrogen-bond acceptors (Lipinski definition) is 4. The van der Waals surface area contributed by atoms with Crippen molar-refractivity contribution in [2.45, 2.75) is 20.0 Å². The van der Waals surface area contributed by atoms with Crippen LogP contribution in [-0.4, -0.2) is 26.6 Å². The smallest absolute Gasteiger partial charge is 0.328 e. The monoisotopic (exact) mass is 328 g/mol. The first-order chi connectivity index (χ1) is 11.0. The molecular formula is C17H16N2O3S. The molecule has 0 saturated heterocycles. The molecule has 5 nitrogen and oxygen atoms in total. The van der Waals surface area contributed by atoms with E-state index in [1.54, 1.807) is 12.3 Å². The first-order valence-corrected chi connectivity index (χ1v) is 8.05. The quantitative estimate of drug-likeness (QED) is 0.720. The Morgan fingerprint density at radius 2 is 2.09 bits per heavy atom. The maximum Gasteiger partial charge on any atom is 0.328 e. The molecule has 0 aliphatic carbocycles. The summed E-state index contributed by atoms with van der Waals surface area (Å²) >= 11 is 1.52. The van der Waals surface area contributed by atoms with E-state index < -0.39 is 5.97 Å². The van der Waals surface area contributed by atoms with Crippen LogP contribution in [0.3, 0.4) is 0 Å². The Kier molecular flexibility index (Phi) is 4.16. The number of thiazole rings is 1. The number of hydrogen-bond donors (Lipinski definition) is 1. The van der Waals surface area contributed by atoms with E-state index in [4.69, 9.17) is 9.84 Å². The molecule has 1 N–H and O–H groups in total. The lowest BCUT2D eigenvalue weighted by molar-refractivity contribution is -0.131. The van der Waals surface area contributed by atoms with E-state index in [2.05, 4.69) is 4.98 Å². The van der Waals surface area contributed by atoms with Gasteiger partial charge in [-0.2, -0.15) is 0 Å². The highest BCUT2D eigenvalue weighted by Gasteiger charge is 2.11. The Morgan fingerprint density at radius 1 is 1.35 bits per heavy atom. The third kappa shape index (κ3) is 3.27. The van der Waals surface area contributed by atoms with Gasteiger partial charge in [-0.1, -0.05) is 0 Å². The number of nitrogens with zero attached hydrogens (tertiary/aromatic N) is 2. The van der Waals surface area contributed by atoms with Gasteiger partial charge in [-0.3, -0.25) is 4.40 Å². The fraction of sp³-hybridized carbons (Fsp3) is 0.176. The molecule has 0 spiro atoms. The molecule has 0 amide bonds. The van der Waals surface area contributed by atoms with Crippen LogP contribution in [0.15, 0.2) is 41.9 Å². The fourth-order valence-electron chi connectivity index (χ4n) is 2.28. The second-order valence-corrected chi connectivity index (χ2v) is 6.12. The molecule has 118 valence electrons. The molecule has 2 aromatic heterocycles. The summed E-state index contributed by atoms with van der Waals surface area (Å²) in [6, 6.07) is 7.85. The Balaban J connectivity index is 1.99. The SMILES string of the molecule is CC(C)Oc1ccc(-c2csc3ncc(/C=C/C(=O)O)n23)cc1. The van der Waals surface area contributed by atoms with Crippen molar-refractivity contribution < 1.29 is 14.6 Å². The molecule has 1 aromatic carbocycles. The molecule has 0 aliphatic heterocycles. The van der Waals surface area contributed by atoms with Crippen LogP contribution in [0.25, 0.3) is 22.3 Å². The Morgan fingerprint density at radius 3 is 2.74 bits per heavy atom. The standard InChI is InChI=1S/C17H16N2O3S/c1-11(2)22-14-6-3-12(4-7-14)15-10-23-17-18-9-13(19(15)17)5-8-16(20)21/h3-11H,1-2H3,(H,20,21)/b8-5+. The third-order valence-electron chi connectivity index (χ3n) is 3.19. The average Bonchev–Trinajstić information content (AvgIpc) is 3.07. The summed E-state index contributed by atoms with van der Waals surface area (Å²) < 4.78 is 7.60. The van der Waals surface area contributed by atoms with Crippen LogP contribution in [0.1, 0.15) is 19.5 Å². The molecule has 3 rings (SSSR count). The van der Waals surface area contributed by atoms with Crippen molar-refractivity contribution in [1.29, 1.82) is 0 Å². The van der Waals surface area contributed by atoms with Crippen molar-refractivity contribution in [2.24, 2.45) is 0 Å². The molecular weight excluding hydrogens is 312 g/mol. The highest BCUT2D eigenvalue weighted by atomic mass is 32.1. The lowest BCUT2D eigenvalue weighted by Gasteiger charge is -2.10. The van der Waals surface area contributed by atoms with Crippen LogP contribution in [-0.2, 0) is 4.79 Å². The second-order valence-electron chi connectivity index (χ2n) is 5.28. The first kappa shape index (κ1) is 15.3. The Bertz CT molecular complexity index is 860. The molecule has 2 heterocycles. The minimum absolute atomic E-state index is 0.134. The van der Waals surface area contributed by atoms with Crippen LogP contribution in [0.2, 0.25) is 0 Å². The summed E-state index contributed by atoms with van der Waals surface area (Å²) in [7, 11) is 0. The zero-order valence-corrected chi connectivity index (χ0v) is 13.6. The van der Waals surface area contributed by atoms with Gasteiger partial charge in [0.15, 0.2) is 4.96 Å². The number of carboxylic acid groups (broad SMARTS) is 1. The highest BCUT2D eigenvalue weighted by Crippen LogP contribution is 2.29. The van der Waals surface area contributed by atoms with E-state index in [-0.39, 0.29) is 6.10 Å². The summed E-state index contributed by atoms with van der Waals surface area (Å²) in [5, 5.41) is 10.8. The van der Waals surface area contributed by atoms with Gasteiger partial charge in [0.1, 0.15) is 5.75 Å². The molecule has 0 atom stereocenters. The molecule has 0 bridgehead atoms. The van der Waals surface area contributed by atoms with Crippen molar-refractivity contribution >= 4 is 28.3 Å². The van der Waals surface area contributed by atoms with Crippen LogP contribution in [0.4, 0.5) is 0 Å². The number of fused-ring (bicyclic) bond motifs is 1. The van der Waals surface area contributed by atoms with Gasteiger partial charge in [0.25, 0.3) is 0 Å². The van der Waals surface area contributed by atoms with Gasteiger partial charge in [0, 0.05) is 11.5 Å². The summed E-state index contributed by atoms with van der Waals surface area (Å²) in [4.78, 5) is 15.9. The molecule has 23 heavy (non-hydrogen) atoms. The van der Waals surface area contributed by atoms with E-state index in [0.717, 1.165) is 33.7 Å². The van der Waals surface area contributed by atoms with Crippen LogP contribution < -0.4 is 4.74 Å². The average molecular weight is 328 g/mol. The molecule has 0 saturated carbocycles. The molecule has 0 unspecified atom stereocenters. The molecule has 6 heteroatoms.